The molecule has 192 valence electrons. The number of hydrogen-bond acceptors (Lipinski definition) is 2. The molecule has 2 amide bonds. The van der Waals surface area contributed by atoms with Crippen LogP contribution in [0.15, 0.2) is 60.7 Å². The normalized spacial score (nSPS) is 30.8. The van der Waals surface area contributed by atoms with Crippen LogP contribution in [0.2, 0.25) is 0 Å². The van der Waals surface area contributed by atoms with Crippen LogP contribution < -0.4 is 21.2 Å². The molecule has 0 bridgehead atoms. The van der Waals surface area contributed by atoms with Crippen LogP contribution in [0.1, 0.15) is 64.2 Å². The molecular formula is C30H40N2O2P2. The number of benzene rings is 2. The molecule has 6 heteroatoms. The summed E-state index contributed by atoms with van der Waals surface area (Å²) < 4.78 is 0. The molecular weight excluding hydrogens is 482 g/mol. The van der Waals surface area contributed by atoms with Crippen LogP contribution in [-0.2, 0) is 9.59 Å². The SMILES string of the molecule is O=C(NC1CCCC[C@@H]1NC(=O)C1CCCC1Pc1ccccc1)C1CCCC1Pc1ccccc1. The number of nitrogens with one attached hydrogen (secondary N) is 2. The fourth-order valence-corrected chi connectivity index (χ4v) is 9.81. The minimum Gasteiger partial charge on any atom is -0.351 e. The van der Waals surface area contributed by atoms with Gasteiger partial charge in [0.05, 0.1) is 0 Å². The van der Waals surface area contributed by atoms with Crippen LogP contribution in [-0.4, -0.2) is 35.2 Å². The number of carbonyl (C=O) groups excluding carboxylic acids is 2. The minimum atomic E-state index is 0.0629. The van der Waals surface area contributed by atoms with Gasteiger partial charge in [-0.15, -0.1) is 0 Å². The molecule has 2 N–H and O–H groups in total. The van der Waals surface area contributed by atoms with Gasteiger partial charge in [0, 0.05) is 23.9 Å². The molecule has 8 atom stereocenters. The van der Waals surface area contributed by atoms with Crippen molar-refractivity contribution in [3.8, 4) is 0 Å². The molecule has 4 nitrogen and oxygen atoms in total. The molecule has 3 fully saturated rings. The molecule has 3 aliphatic rings. The van der Waals surface area contributed by atoms with Gasteiger partial charge < -0.3 is 10.6 Å². The van der Waals surface area contributed by atoms with Crippen molar-refractivity contribution in [2.24, 2.45) is 11.8 Å². The molecule has 0 aromatic heterocycles. The van der Waals surface area contributed by atoms with Gasteiger partial charge in [-0.25, -0.2) is 0 Å². The highest BCUT2D eigenvalue weighted by Crippen LogP contribution is 2.40. The summed E-state index contributed by atoms with van der Waals surface area (Å²) >= 11 is 0. The van der Waals surface area contributed by atoms with Crippen LogP contribution in [0.4, 0.5) is 0 Å². The third kappa shape index (κ3) is 6.56. The van der Waals surface area contributed by atoms with Crippen molar-refractivity contribution in [2.45, 2.75) is 87.6 Å². The smallest absolute Gasteiger partial charge is 0.224 e. The molecule has 0 spiro atoms. The van der Waals surface area contributed by atoms with E-state index in [0.717, 1.165) is 64.2 Å². The molecule has 0 aliphatic heterocycles. The maximum absolute atomic E-state index is 13.4. The highest BCUT2D eigenvalue weighted by Gasteiger charge is 2.38. The van der Waals surface area contributed by atoms with E-state index >= 15 is 0 Å². The Morgan fingerprint density at radius 2 is 0.972 bits per heavy atom. The fraction of sp³-hybridized carbons (Fsp3) is 0.533. The molecule has 2 aromatic rings. The van der Waals surface area contributed by atoms with Crippen LogP contribution in [0.5, 0.6) is 0 Å². The summed E-state index contributed by atoms with van der Waals surface area (Å²) in [5.41, 5.74) is 0.893. The van der Waals surface area contributed by atoms with E-state index in [1.165, 1.54) is 10.6 Å². The third-order valence-electron chi connectivity index (χ3n) is 8.38. The second kappa shape index (κ2) is 12.7. The van der Waals surface area contributed by atoms with Crippen LogP contribution >= 0.6 is 17.2 Å². The first kappa shape index (κ1) is 25.9. The van der Waals surface area contributed by atoms with Crippen molar-refractivity contribution < 1.29 is 9.59 Å². The summed E-state index contributed by atoms with van der Waals surface area (Å²) in [6.45, 7) is 0. The number of hydrogen-bond donors (Lipinski definition) is 2. The number of amides is 2. The van der Waals surface area contributed by atoms with E-state index in [4.69, 9.17) is 0 Å². The van der Waals surface area contributed by atoms with E-state index in [9.17, 15) is 9.59 Å². The van der Waals surface area contributed by atoms with Gasteiger partial charge in [0.15, 0.2) is 0 Å². The summed E-state index contributed by atoms with van der Waals surface area (Å²) in [4.78, 5) is 26.9. The van der Waals surface area contributed by atoms with Gasteiger partial charge >= 0.3 is 0 Å². The van der Waals surface area contributed by atoms with Gasteiger partial charge in [0.1, 0.15) is 0 Å². The number of rotatable bonds is 8. The second-order valence-corrected chi connectivity index (χ2v) is 14.0. The maximum Gasteiger partial charge on any atom is 0.224 e. The van der Waals surface area contributed by atoms with E-state index in [0.29, 0.717) is 28.5 Å². The summed E-state index contributed by atoms with van der Waals surface area (Å²) in [5.74, 6) is 0.647. The van der Waals surface area contributed by atoms with E-state index in [1.54, 1.807) is 0 Å². The van der Waals surface area contributed by atoms with Gasteiger partial charge in [-0.1, -0.05) is 104 Å². The molecule has 0 saturated heterocycles. The molecule has 3 saturated carbocycles. The first-order valence-electron chi connectivity index (χ1n) is 13.9. The molecule has 36 heavy (non-hydrogen) atoms. The van der Waals surface area contributed by atoms with Crippen molar-refractivity contribution in [1.29, 1.82) is 0 Å². The largest absolute Gasteiger partial charge is 0.351 e. The first-order valence-corrected chi connectivity index (χ1v) is 16.1. The monoisotopic (exact) mass is 522 g/mol. The fourth-order valence-electron chi connectivity index (χ4n) is 6.45. The van der Waals surface area contributed by atoms with Crippen molar-refractivity contribution in [3.63, 3.8) is 0 Å². The summed E-state index contributed by atoms with van der Waals surface area (Å²) in [6, 6.07) is 21.4. The van der Waals surface area contributed by atoms with Crippen molar-refractivity contribution in [2.75, 3.05) is 0 Å². The van der Waals surface area contributed by atoms with Crippen LogP contribution in [0, 0.1) is 11.8 Å². The van der Waals surface area contributed by atoms with Crippen molar-refractivity contribution in [1.82, 2.24) is 10.6 Å². The lowest BCUT2D eigenvalue weighted by molar-refractivity contribution is -0.128. The summed E-state index contributed by atoms with van der Waals surface area (Å²) in [7, 11) is 1.38. The Bertz CT molecular complexity index is 921. The van der Waals surface area contributed by atoms with Crippen molar-refractivity contribution >= 4 is 39.6 Å². The standard InChI is InChI=1S/C30H40N2O2P2/c33-29(23-15-9-19-27(23)35-21-11-3-1-4-12-21)31-25-17-7-8-18-26(25)32-30(34)24-16-10-20-28(24)36-22-13-5-2-6-14-22/h1-6,11-14,23-28,35-36H,7-10,15-20H2,(H,31,33)(H,32,34)/t23?,24?,25-,26?,27?,28?/m0/s1. The zero-order chi connectivity index (χ0) is 24.7. The minimum absolute atomic E-state index is 0.0629. The Balaban J connectivity index is 1.18. The molecule has 7 unspecified atom stereocenters. The number of carbonyl (C=O) groups is 2. The predicted molar refractivity (Wildman–Crippen MR) is 153 cm³/mol. The zero-order valence-electron chi connectivity index (χ0n) is 21.1. The lowest BCUT2D eigenvalue weighted by Gasteiger charge is -2.35. The molecule has 2 aromatic carbocycles. The highest BCUT2D eigenvalue weighted by atomic mass is 31.1. The lowest BCUT2D eigenvalue weighted by Crippen LogP contribution is -2.55. The Morgan fingerprint density at radius 3 is 1.39 bits per heavy atom. The van der Waals surface area contributed by atoms with E-state index in [-0.39, 0.29) is 35.7 Å². The Hall–Kier alpha value is -1.76. The van der Waals surface area contributed by atoms with Gasteiger partial charge in [0.2, 0.25) is 11.8 Å². The average molecular weight is 523 g/mol. The quantitative estimate of drug-likeness (QED) is 0.486. The Morgan fingerprint density at radius 1 is 0.556 bits per heavy atom. The Kier molecular flexibility index (Phi) is 9.10. The first-order chi connectivity index (χ1) is 17.7. The summed E-state index contributed by atoms with van der Waals surface area (Å²) in [5, 5.41) is 9.56. The average Bonchev–Trinajstić information content (AvgIpc) is 3.56. The summed E-state index contributed by atoms with van der Waals surface area (Å²) in [6.07, 6.45) is 10.7. The van der Waals surface area contributed by atoms with Crippen molar-refractivity contribution in [3.05, 3.63) is 60.7 Å². The second-order valence-electron chi connectivity index (χ2n) is 10.8. The molecule has 0 radical (unpaired) electrons. The van der Waals surface area contributed by atoms with Gasteiger partial charge in [-0.05, 0) is 60.5 Å². The molecule has 5 rings (SSSR count). The topological polar surface area (TPSA) is 58.2 Å². The zero-order valence-corrected chi connectivity index (χ0v) is 23.1. The van der Waals surface area contributed by atoms with E-state index < -0.39 is 0 Å². The lowest BCUT2D eigenvalue weighted by atomic mass is 9.89. The maximum atomic E-state index is 13.4. The van der Waals surface area contributed by atoms with E-state index in [2.05, 4.69) is 71.3 Å². The highest BCUT2D eigenvalue weighted by molar-refractivity contribution is 7.48. The van der Waals surface area contributed by atoms with Gasteiger partial charge in [-0.2, -0.15) is 0 Å². The third-order valence-corrected chi connectivity index (χ3v) is 11.8. The van der Waals surface area contributed by atoms with E-state index in [1.807, 2.05) is 0 Å². The molecule has 3 aliphatic carbocycles. The Labute approximate surface area is 219 Å². The molecule has 0 heterocycles. The van der Waals surface area contributed by atoms with Gasteiger partial charge in [-0.3, -0.25) is 9.59 Å². The van der Waals surface area contributed by atoms with Crippen LogP contribution in [0.25, 0.3) is 0 Å². The predicted octanol–water partition coefficient (Wildman–Crippen LogP) is 4.88. The van der Waals surface area contributed by atoms with Gasteiger partial charge in [0.25, 0.3) is 0 Å². The van der Waals surface area contributed by atoms with Crippen LogP contribution in [0.3, 0.4) is 0 Å².